The van der Waals surface area contributed by atoms with Crippen molar-refractivity contribution in [2.75, 3.05) is 37.6 Å². The summed E-state index contributed by atoms with van der Waals surface area (Å²) in [4.78, 5) is 16.9. The number of hydrogen-bond donors (Lipinski definition) is 1. The Bertz CT molecular complexity index is 1120. The van der Waals surface area contributed by atoms with E-state index >= 15 is 0 Å². The topological polar surface area (TPSA) is 65.8 Å². The molecule has 9 heteroatoms. The lowest BCUT2D eigenvalue weighted by molar-refractivity contribution is -0.121. The smallest absolute Gasteiger partial charge is 0.241 e. The summed E-state index contributed by atoms with van der Waals surface area (Å²) in [6.07, 6.45) is 1.92. The fraction of sp³-hybridized carbons (Fsp3) is 0.292. The van der Waals surface area contributed by atoms with Gasteiger partial charge in [-0.05, 0) is 37.3 Å². The highest BCUT2D eigenvalue weighted by Gasteiger charge is 2.18. The van der Waals surface area contributed by atoms with Gasteiger partial charge >= 0.3 is 0 Å². The van der Waals surface area contributed by atoms with E-state index in [1.54, 1.807) is 16.8 Å². The molecule has 2 heterocycles. The van der Waals surface area contributed by atoms with Crippen molar-refractivity contribution in [2.24, 2.45) is 5.10 Å². The van der Waals surface area contributed by atoms with Gasteiger partial charge in [0.1, 0.15) is 5.15 Å². The van der Waals surface area contributed by atoms with Gasteiger partial charge in [0.05, 0.1) is 23.2 Å². The van der Waals surface area contributed by atoms with Gasteiger partial charge in [-0.25, -0.2) is 10.1 Å². The van der Waals surface area contributed by atoms with Crippen LogP contribution in [0.1, 0.15) is 17.7 Å². The molecule has 172 valence electrons. The number of piperazine rings is 1. The van der Waals surface area contributed by atoms with Gasteiger partial charge < -0.3 is 4.90 Å². The molecule has 0 radical (unpaired) electrons. The van der Waals surface area contributed by atoms with E-state index in [1.165, 1.54) is 11.9 Å². The molecule has 0 spiro atoms. The zero-order valence-corrected chi connectivity index (χ0v) is 19.9. The maximum absolute atomic E-state index is 12.3. The number of aryl methyl sites for hydroxylation is 1. The zero-order chi connectivity index (χ0) is 23.2. The van der Waals surface area contributed by atoms with E-state index in [0.717, 1.165) is 31.9 Å². The lowest BCUT2D eigenvalue weighted by Crippen LogP contribution is -2.47. The number of rotatable bonds is 7. The predicted molar refractivity (Wildman–Crippen MR) is 134 cm³/mol. The number of carbonyl (C=O) groups excluding carboxylic acids is 1. The fourth-order valence-corrected chi connectivity index (χ4v) is 4.30. The van der Waals surface area contributed by atoms with Crippen LogP contribution < -0.4 is 10.3 Å². The van der Waals surface area contributed by atoms with Crippen molar-refractivity contribution >= 4 is 41.0 Å². The van der Waals surface area contributed by atoms with Crippen molar-refractivity contribution in [3.8, 4) is 5.69 Å². The summed E-state index contributed by atoms with van der Waals surface area (Å²) in [6.45, 7) is 6.32. The Labute approximate surface area is 203 Å². The molecule has 3 aromatic rings. The summed E-state index contributed by atoms with van der Waals surface area (Å²) < 4.78 is 1.60. The number of aromatic nitrogens is 2. The number of carbonyl (C=O) groups is 1. The standard InChI is InChI=1S/C24H26Cl2N6O/c1-18-22(24(26)32(29-18)21-9-5-6-19(25)16-21)17-27-28-23(33)10-11-30-12-14-31(15-13-30)20-7-3-2-4-8-20/h2-9,16-17H,10-15H2,1H3,(H,28,33)/b27-17+. The van der Waals surface area contributed by atoms with E-state index in [9.17, 15) is 4.79 Å². The van der Waals surface area contributed by atoms with Crippen molar-refractivity contribution in [3.05, 3.63) is 76.0 Å². The van der Waals surface area contributed by atoms with Crippen molar-refractivity contribution in [1.29, 1.82) is 0 Å². The number of halogens is 2. The summed E-state index contributed by atoms with van der Waals surface area (Å²) >= 11 is 12.6. The summed E-state index contributed by atoms with van der Waals surface area (Å²) in [7, 11) is 0. The van der Waals surface area contributed by atoms with Gasteiger partial charge in [0.2, 0.25) is 5.91 Å². The minimum Gasteiger partial charge on any atom is -0.369 e. The SMILES string of the molecule is Cc1nn(-c2cccc(Cl)c2)c(Cl)c1/C=N/NC(=O)CCN1CCN(c2ccccc2)CC1. The minimum atomic E-state index is -0.132. The molecule has 1 aromatic heterocycles. The molecule has 0 unspecified atom stereocenters. The van der Waals surface area contributed by atoms with Crippen molar-refractivity contribution in [2.45, 2.75) is 13.3 Å². The van der Waals surface area contributed by atoms with Crippen LogP contribution in [0.15, 0.2) is 59.7 Å². The molecule has 1 fully saturated rings. The van der Waals surface area contributed by atoms with Gasteiger partial charge in [-0.15, -0.1) is 0 Å². The van der Waals surface area contributed by atoms with Crippen molar-refractivity contribution in [1.82, 2.24) is 20.1 Å². The molecule has 0 bridgehead atoms. The third-order valence-corrected chi connectivity index (χ3v) is 6.23. The van der Waals surface area contributed by atoms with Gasteiger partial charge in [-0.1, -0.05) is 47.5 Å². The number of anilines is 1. The lowest BCUT2D eigenvalue weighted by Gasteiger charge is -2.36. The molecule has 33 heavy (non-hydrogen) atoms. The van der Waals surface area contributed by atoms with Crippen LogP contribution in [-0.4, -0.2) is 59.5 Å². The first-order chi connectivity index (χ1) is 16.0. The molecule has 0 aliphatic carbocycles. The van der Waals surface area contributed by atoms with Gasteiger partial charge in [-0.3, -0.25) is 9.69 Å². The normalized spacial score (nSPS) is 14.7. The number of amides is 1. The molecular formula is C24H26Cl2N6O. The van der Waals surface area contributed by atoms with Crippen LogP contribution >= 0.6 is 23.2 Å². The summed E-state index contributed by atoms with van der Waals surface area (Å²) in [5.74, 6) is -0.132. The van der Waals surface area contributed by atoms with E-state index in [1.807, 2.05) is 25.1 Å². The van der Waals surface area contributed by atoms with Crippen LogP contribution in [0.3, 0.4) is 0 Å². The Balaban J connectivity index is 1.25. The third-order valence-electron chi connectivity index (χ3n) is 5.63. The Morgan fingerprint density at radius 3 is 2.52 bits per heavy atom. The maximum atomic E-state index is 12.3. The van der Waals surface area contributed by atoms with Crippen molar-refractivity contribution in [3.63, 3.8) is 0 Å². The Kier molecular flexibility index (Phi) is 7.65. The van der Waals surface area contributed by atoms with Gasteiger partial charge in [0.25, 0.3) is 0 Å². The second-order valence-electron chi connectivity index (χ2n) is 7.89. The third kappa shape index (κ3) is 5.93. The molecular weight excluding hydrogens is 459 g/mol. The minimum absolute atomic E-state index is 0.132. The molecule has 4 rings (SSSR count). The summed E-state index contributed by atoms with van der Waals surface area (Å²) in [6, 6.07) is 17.7. The maximum Gasteiger partial charge on any atom is 0.241 e. The van der Waals surface area contributed by atoms with Crippen LogP contribution in [-0.2, 0) is 4.79 Å². The molecule has 1 amide bonds. The molecule has 1 aliphatic heterocycles. The highest BCUT2D eigenvalue weighted by molar-refractivity contribution is 6.32. The Hall–Kier alpha value is -2.87. The van der Waals surface area contributed by atoms with Crippen molar-refractivity contribution < 1.29 is 4.79 Å². The van der Waals surface area contributed by atoms with Crippen LogP contribution in [0.2, 0.25) is 10.2 Å². The highest BCUT2D eigenvalue weighted by atomic mass is 35.5. The summed E-state index contributed by atoms with van der Waals surface area (Å²) in [5, 5.41) is 9.55. The molecule has 7 nitrogen and oxygen atoms in total. The monoisotopic (exact) mass is 484 g/mol. The van der Waals surface area contributed by atoms with Gasteiger partial charge in [-0.2, -0.15) is 10.2 Å². The van der Waals surface area contributed by atoms with E-state index in [2.05, 4.69) is 49.7 Å². The predicted octanol–water partition coefficient (Wildman–Crippen LogP) is 4.15. The molecule has 2 aromatic carbocycles. The van der Waals surface area contributed by atoms with E-state index < -0.39 is 0 Å². The van der Waals surface area contributed by atoms with E-state index in [-0.39, 0.29) is 5.91 Å². The van der Waals surface area contributed by atoms with Crippen LogP contribution in [0, 0.1) is 6.92 Å². The molecule has 1 aliphatic rings. The number of nitrogens with zero attached hydrogens (tertiary/aromatic N) is 5. The summed E-state index contributed by atoms with van der Waals surface area (Å²) in [5.41, 5.74) is 5.95. The largest absolute Gasteiger partial charge is 0.369 e. The lowest BCUT2D eigenvalue weighted by atomic mass is 10.2. The number of hydrogen-bond acceptors (Lipinski definition) is 5. The molecule has 0 saturated carbocycles. The van der Waals surface area contributed by atoms with Crippen LogP contribution in [0.4, 0.5) is 5.69 Å². The quantitative estimate of drug-likeness (QED) is 0.404. The van der Waals surface area contributed by atoms with Crippen LogP contribution in [0.25, 0.3) is 5.69 Å². The van der Waals surface area contributed by atoms with Gasteiger partial charge in [0.15, 0.2) is 0 Å². The average Bonchev–Trinajstić information content (AvgIpc) is 3.12. The van der Waals surface area contributed by atoms with E-state index in [4.69, 9.17) is 23.2 Å². The molecule has 1 saturated heterocycles. The molecule has 0 atom stereocenters. The Morgan fingerprint density at radius 1 is 1.06 bits per heavy atom. The fourth-order valence-electron chi connectivity index (χ4n) is 3.79. The zero-order valence-electron chi connectivity index (χ0n) is 18.4. The second-order valence-corrected chi connectivity index (χ2v) is 8.68. The number of hydrazone groups is 1. The second kappa shape index (κ2) is 10.8. The number of benzene rings is 2. The molecule has 1 N–H and O–H groups in total. The highest BCUT2D eigenvalue weighted by Crippen LogP contribution is 2.23. The first-order valence-corrected chi connectivity index (χ1v) is 11.6. The first kappa shape index (κ1) is 23.3. The first-order valence-electron chi connectivity index (χ1n) is 10.9. The van der Waals surface area contributed by atoms with E-state index in [0.29, 0.717) is 34.4 Å². The van der Waals surface area contributed by atoms with Crippen LogP contribution in [0.5, 0.6) is 0 Å². The average molecular weight is 485 g/mol. The Morgan fingerprint density at radius 2 is 1.79 bits per heavy atom. The number of nitrogens with one attached hydrogen (secondary N) is 1. The number of para-hydroxylation sites is 1. The van der Waals surface area contributed by atoms with Gasteiger partial charge in [0, 0.05) is 49.9 Å².